The van der Waals surface area contributed by atoms with E-state index in [0.717, 1.165) is 0 Å². The van der Waals surface area contributed by atoms with Gasteiger partial charge in [0.1, 0.15) is 11.9 Å². The monoisotopic (exact) mass is 289 g/mol. The van der Waals surface area contributed by atoms with Crippen LogP contribution in [0.2, 0.25) is 0 Å². The maximum absolute atomic E-state index is 12.8. The van der Waals surface area contributed by atoms with Gasteiger partial charge in [0, 0.05) is 10.2 Å². The molecule has 1 rings (SSSR count). The average Bonchev–Trinajstić information content (AvgIpc) is 2.22. The molecular formula is C11H13BrFNO2. The van der Waals surface area contributed by atoms with Crippen molar-refractivity contribution in [3.05, 3.63) is 28.5 Å². The molecule has 0 saturated carbocycles. The number of anilines is 1. The number of esters is 1. The second-order valence-corrected chi connectivity index (χ2v) is 4.10. The summed E-state index contributed by atoms with van der Waals surface area (Å²) in [6.07, 6.45) is 0. The summed E-state index contributed by atoms with van der Waals surface area (Å²) in [7, 11) is 0. The summed E-state index contributed by atoms with van der Waals surface area (Å²) in [4.78, 5) is 11.4. The molecule has 0 amide bonds. The molecule has 0 aromatic heterocycles. The van der Waals surface area contributed by atoms with Crippen LogP contribution in [0.4, 0.5) is 10.1 Å². The van der Waals surface area contributed by atoms with Crippen molar-refractivity contribution in [2.45, 2.75) is 19.9 Å². The summed E-state index contributed by atoms with van der Waals surface area (Å²) in [5.41, 5.74) is 0.655. The molecule has 1 aromatic rings. The van der Waals surface area contributed by atoms with E-state index in [1.165, 1.54) is 12.1 Å². The number of halogens is 2. The van der Waals surface area contributed by atoms with Crippen LogP contribution < -0.4 is 5.32 Å². The van der Waals surface area contributed by atoms with Gasteiger partial charge in [0.2, 0.25) is 0 Å². The molecule has 0 saturated heterocycles. The Hall–Kier alpha value is -1.10. The van der Waals surface area contributed by atoms with Gasteiger partial charge in [0.05, 0.1) is 6.61 Å². The van der Waals surface area contributed by atoms with Crippen LogP contribution in [0, 0.1) is 5.82 Å². The van der Waals surface area contributed by atoms with Gasteiger partial charge in [-0.3, -0.25) is 0 Å². The number of benzene rings is 1. The van der Waals surface area contributed by atoms with Crippen molar-refractivity contribution in [3.63, 3.8) is 0 Å². The Labute approximate surface area is 102 Å². The van der Waals surface area contributed by atoms with Crippen molar-refractivity contribution in [2.24, 2.45) is 0 Å². The Bertz CT molecular complexity index is 384. The van der Waals surface area contributed by atoms with Gasteiger partial charge in [-0.25, -0.2) is 9.18 Å². The molecule has 0 spiro atoms. The van der Waals surface area contributed by atoms with Gasteiger partial charge in [0.15, 0.2) is 0 Å². The predicted octanol–water partition coefficient (Wildman–Crippen LogP) is 2.95. The number of rotatable bonds is 4. The molecule has 3 nitrogen and oxygen atoms in total. The van der Waals surface area contributed by atoms with Crippen LogP contribution in [0.25, 0.3) is 0 Å². The maximum Gasteiger partial charge on any atom is 0.328 e. The molecule has 0 aliphatic rings. The minimum atomic E-state index is -0.471. The number of hydrogen-bond acceptors (Lipinski definition) is 3. The Morgan fingerprint density at radius 2 is 2.31 bits per heavy atom. The molecule has 16 heavy (non-hydrogen) atoms. The molecule has 1 unspecified atom stereocenters. The quantitative estimate of drug-likeness (QED) is 0.866. The highest BCUT2D eigenvalue weighted by Gasteiger charge is 2.14. The lowest BCUT2D eigenvalue weighted by molar-refractivity contribution is -0.143. The zero-order valence-electron chi connectivity index (χ0n) is 9.09. The predicted molar refractivity (Wildman–Crippen MR) is 63.8 cm³/mol. The van der Waals surface area contributed by atoms with E-state index in [2.05, 4.69) is 21.2 Å². The van der Waals surface area contributed by atoms with E-state index in [9.17, 15) is 9.18 Å². The first kappa shape index (κ1) is 13.0. The third-order valence-electron chi connectivity index (χ3n) is 1.94. The third kappa shape index (κ3) is 3.48. The lowest BCUT2D eigenvalue weighted by Crippen LogP contribution is -2.28. The zero-order chi connectivity index (χ0) is 12.1. The summed E-state index contributed by atoms with van der Waals surface area (Å²) in [6.45, 7) is 3.78. The first-order valence-corrected chi connectivity index (χ1v) is 5.72. The number of ether oxygens (including phenoxy) is 1. The molecule has 0 aliphatic carbocycles. The number of hydrogen-bond donors (Lipinski definition) is 1. The standard InChI is InChI=1S/C11H13BrFNO2/c1-3-16-11(15)7(2)14-10-5-4-8(13)6-9(10)12/h4-7,14H,3H2,1-2H3. The average molecular weight is 290 g/mol. The van der Waals surface area contributed by atoms with Crippen molar-refractivity contribution < 1.29 is 13.9 Å². The normalized spacial score (nSPS) is 12.0. The molecule has 0 bridgehead atoms. The van der Waals surface area contributed by atoms with Crippen molar-refractivity contribution in [3.8, 4) is 0 Å². The maximum atomic E-state index is 12.8. The van der Waals surface area contributed by atoms with Gasteiger partial charge in [0.25, 0.3) is 0 Å². The first-order chi connectivity index (χ1) is 7.54. The van der Waals surface area contributed by atoms with Crippen LogP contribution >= 0.6 is 15.9 Å². The van der Waals surface area contributed by atoms with Crippen LogP contribution in [-0.4, -0.2) is 18.6 Å². The zero-order valence-corrected chi connectivity index (χ0v) is 10.7. The van der Waals surface area contributed by atoms with Crippen LogP contribution in [-0.2, 0) is 9.53 Å². The largest absolute Gasteiger partial charge is 0.464 e. The SMILES string of the molecule is CCOC(=O)C(C)Nc1ccc(F)cc1Br. The minimum Gasteiger partial charge on any atom is -0.464 e. The summed E-state index contributed by atoms with van der Waals surface area (Å²) in [6, 6.07) is 3.75. The highest BCUT2D eigenvalue weighted by Crippen LogP contribution is 2.23. The van der Waals surface area contributed by atoms with E-state index in [4.69, 9.17) is 4.74 Å². The van der Waals surface area contributed by atoms with Crippen LogP contribution in [0.1, 0.15) is 13.8 Å². The Kier molecular flexibility index (Phi) is 4.73. The van der Waals surface area contributed by atoms with Gasteiger partial charge in [-0.15, -0.1) is 0 Å². The van der Waals surface area contributed by atoms with E-state index >= 15 is 0 Å². The fourth-order valence-corrected chi connectivity index (χ4v) is 1.63. The molecular weight excluding hydrogens is 277 g/mol. The van der Waals surface area contributed by atoms with Gasteiger partial charge < -0.3 is 10.1 Å². The summed E-state index contributed by atoms with van der Waals surface area (Å²) in [5.74, 6) is -0.667. The van der Waals surface area contributed by atoms with E-state index < -0.39 is 6.04 Å². The number of carbonyl (C=O) groups excluding carboxylic acids is 1. The molecule has 0 radical (unpaired) electrons. The van der Waals surface area contributed by atoms with Crippen molar-refractivity contribution in [2.75, 3.05) is 11.9 Å². The van der Waals surface area contributed by atoms with E-state index in [0.29, 0.717) is 16.8 Å². The molecule has 0 fully saturated rings. The Balaban J connectivity index is 2.69. The molecule has 0 aliphatic heterocycles. The van der Waals surface area contributed by atoms with E-state index in [-0.39, 0.29) is 11.8 Å². The van der Waals surface area contributed by atoms with Crippen LogP contribution in [0.3, 0.4) is 0 Å². The van der Waals surface area contributed by atoms with Crippen molar-refractivity contribution in [1.82, 2.24) is 0 Å². The molecule has 1 atom stereocenters. The Morgan fingerprint density at radius 3 is 2.88 bits per heavy atom. The van der Waals surface area contributed by atoms with Gasteiger partial charge >= 0.3 is 5.97 Å². The second-order valence-electron chi connectivity index (χ2n) is 3.24. The number of nitrogens with one attached hydrogen (secondary N) is 1. The second kappa shape index (κ2) is 5.84. The lowest BCUT2D eigenvalue weighted by Gasteiger charge is -2.14. The summed E-state index contributed by atoms with van der Waals surface area (Å²) < 4.78 is 18.2. The van der Waals surface area contributed by atoms with E-state index in [1.54, 1.807) is 19.9 Å². The molecule has 88 valence electrons. The highest BCUT2D eigenvalue weighted by molar-refractivity contribution is 9.10. The summed E-state index contributed by atoms with van der Waals surface area (Å²) in [5, 5.41) is 2.93. The van der Waals surface area contributed by atoms with Crippen LogP contribution in [0.15, 0.2) is 22.7 Å². The van der Waals surface area contributed by atoms with Crippen molar-refractivity contribution in [1.29, 1.82) is 0 Å². The minimum absolute atomic E-state index is 0.332. The molecule has 1 aromatic carbocycles. The third-order valence-corrected chi connectivity index (χ3v) is 2.60. The molecule has 1 N–H and O–H groups in total. The molecule has 0 heterocycles. The molecule has 5 heteroatoms. The van der Waals surface area contributed by atoms with Gasteiger partial charge in [-0.1, -0.05) is 0 Å². The Morgan fingerprint density at radius 1 is 1.62 bits per heavy atom. The fraction of sp³-hybridized carbons (Fsp3) is 0.364. The smallest absolute Gasteiger partial charge is 0.328 e. The summed E-state index contributed by atoms with van der Waals surface area (Å²) >= 11 is 3.21. The lowest BCUT2D eigenvalue weighted by atomic mass is 10.2. The van der Waals surface area contributed by atoms with Crippen LogP contribution in [0.5, 0.6) is 0 Å². The van der Waals surface area contributed by atoms with Crippen molar-refractivity contribution >= 4 is 27.6 Å². The fourth-order valence-electron chi connectivity index (χ4n) is 1.17. The van der Waals surface area contributed by atoms with E-state index in [1.807, 2.05) is 0 Å². The van der Waals surface area contributed by atoms with Gasteiger partial charge in [-0.05, 0) is 48.0 Å². The first-order valence-electron chi connectivity index (χ1n) is 4.92. The number of carbonyl (C=O) groups is 1. The highest BCUT2D eigenvalue weighted by atomic mass is 79.9. The van der Waals surface area contributed by atoms with Gasteiger partial charge in [-0.2, -0.15) is 0 Å². The topological polar surface area (TPSA) is 38.3 Å².